The highest BCUT2D eigenvalue weighted by Gasteiger charge is 2.33. The Balaban J connectivity index is 1.93. The molecular weight excluding hydrogens is 288 g/mol. The van der Waals surface area contributed by atoms with E-state index in [1.54, 1.807) is 16.8 Å². The van der Waals surface area contributed by atoms with Crippen LogP contribution in [0.1, 0.15) is 36.9 Å². The summed E-state index contributed by atoms with van der Waals surface area (Å²) in [4.78, 5) is 28.5. The van der Waals surface area contributed by atoms with Crippen LogP contribution in [0.15, 0.2) is 17.5 Å². The molecule has 21 heavy (non-hydrogen) atoms. The van der Waals surface area contributed by atoms with Crippen LogP contribution in [-0.4, -0.2) is 53.6 Å². The van der Waals surface area contributed by atoms with Crippen LogP contribution in [0.2, 0.25) is 0 Å². The molecular formula is C15H22N2O3S. The molecule has 1 aliphatic rings. The first-order valence-corrected chi connectivity index (χ1v) is 7.94. The molecule has 1 aliphatic heterocycles. The smallest absolute Gasteiger partial charge is 0.410 e. The van der Waals surface area contributed by atoms with Gasteiger partial charge in [-0.2, -0.15) is 0 Å². The molecule has 2 heterocycles. The molecule has 0 saturated carbocycles. The lowest BCUT2D eigenvalue weighted by Gasteiger charge is -2.26. The van der Waals surface area contributed by atoms with Gasteiger partial charge in [0, 0.05) is 20.1 Å². The molecule has 0 bridgehead atoms. The van der Waals surface area contributed by atoms with Crippen molar-refractivity contribution >= 4 is 23.3 Å². The van der Waals surface area contributed by atoms with E-state index < -0.39 is 5.60 Å². The molecule has 5 nitrogen and oxygen atoms in total. The number of hydrogen-bond donors (Lipinski definition) is 0. The number of hydrogen-bond acceptors (Lipinski definition) is 4. The zero-order valence-electron chi connectivity index (χ0n) is 13.0. The van der Waals surface area contributed by atoms with E-state index in [2.05, 4.69) is 0 Å². The lowest BCUT2D eigenvalue weighted by molar-refractivity contribution is 0.0279. The monoisotopic (exact) mass is 310 g/mol. The van der Waals surface area contributed by atoms with Crippen LogP contribution in [0.4, 0.5) is 4.79 Å². The van der Waals surface area contributed by atoms with E-state index in [4.69, 9.17) is 4.74 Å². The number of thiophene rings is 1. The van der Waals surface area contributed by atoms with Gasteiger partial charge in [0.1, 0.15) is 5.60 Å². The van der Waals surface area contributed by atoms with Crippen molar-refractivity contribution in [1.82, 2.24) is 9.80 Å². The van der Waals surface area contributed by atoms with Crippen LogP contribution in [0.3, 0.4) is 0 Å². The van der Waals surface area contributed by atoms with Gasteiger partial charge < -0.3 is 14.5 Å². The standard InChI is InChI=1S/C15H22N2O3S/c1-15(2,3)20-14(19)17-8-7-11(10-17)16(4)13(18)12-6-5-9-21-12/h5-6,9,11H,7-8,10H2,1-4H3/t11-/m1/s1. The minimum atomic E-state index is -0.492. The van der Waals surface area contributed by atoms with Crippen LogP contribution in [-0.2, 0) is 4.74 Å². The molecule has 6 heteroatoms. The van der Waals surface area contributed by atoms with Crippen LogP contribution >= 0.6 is 11.3 Å². The number of carbonyl (C=O) groups excluding carboxylic acids is 2. The zero-order valence-corrected chi connectivity index (χ0v) is 13.8. The first kappa shape index (κ1) is 15.8. The van der Waals surface area contributed by atoms with Crippen molar-refractivity contribution in [2.24, 2.45) is 0 Å². The van der Waals surface area contributed by atoms with Gasteiger partial charge in [-0.05, 0) is 38.6 Å². The highest BCUT2D eigenvalue weighted by molar-refractivity contribution is 7.12. The third-order valence-corrected chi connectivity index (χ3v) is 4.27. The predicted molar refractivity (Wildman–Crippen MR) is 82.6 cm³/mol. The van der Waals surface area contributed by atoms with Crippen molar-refractivity contribution in [2.45, 2.75) is 38.8 Å². The molecule has 0 aliphatic carbocycles. The Morgan fingerprint density at radius 2 is 2.14 bits per heavy atom. The lowest BCUT2D eigenvalue weighted by atomic mass is 10.2. The quantitative estimate of drug-likeness (QED) is 0.844. The molecule has 0 N–H and O–H groups in total. The number of likely N-dealkylation sites (tertiary alicyclic amines) is 1. The average molecular weight is 310 g/mol. The van der Waals surface area contributed by atoms with Gasteiger partial charge in [0.15, 0.2) is 0 Å². The second-order valence-corrected chi connectivity index (χ2v) is 7.21. The summed E-state index contributed by atoms with van der Waals surface area (Å²) in [6.45, 7) is 6.71. The Morgan fingerprint density at radius 1 is 1.43 bits per heavy atom. The summed E-state index contributed by atoms with van der Waals surface area (Å²) in [5, 5.41) is 1.89. The zero-order chi connectivity index (χ0) is 15.6. The summed E-state index contributed by atoms with van der Waals surface area (Å²) >= 11 is 1.44. The van der Waals surface area contributed by atoms with Gasteiger partial charge in [0.25, 0.3) is 5.91 Å². The molecule has 1 aromatic heterocycles. The van der Waals surface area contributed by atoms with E-state index >= 15 is 0 Å². The third-order valence-electron chi connectivity index (χ3n) is 3.42. The Labute approximate surface area is 129 Å². The van der Waals surface area contributed by atoms with Crippen molar-refractivity contribution in [1.29, 1.82) is 0 Å². The van der Waals surface area contributed by atoms with E-state index in [0.29, 0.717) is 13.1 Å². The van der Waals surface area contributed by atoms with Crippen molar-refractivity contribution < 1.29 is 14.3 Å². The number of amides is 2. The number of rotatable bonds is 2. The summed E-state index contributed by atoms with van der Waals surface area (Å²) < 4.78 is 5.37. The third kappa shape index (κ3) is 3.97. The summed E-state index contributed by atoms with van der Waals surface area (Å²) in [5.74, 6) is 0.0149. The second kappa shape index (κ2) is 6.05. The van der Waals surface area contributed by atoms with Crippen molar-refractivity contribution in [2.75, 3.05) is 20.1 Å². The van der Waals surface area contributed by atoms with Gasteiger partial charge >= 0.3 is 6.09 Å². The van der Waals surface area contributed by atoms with E-state index in [1.807, 2.05) is 38.3 Å². The maximum absolute atomic E-state index is 12.3. The lowest BCUT2D eigenvalue weighted by Crippen LogP contribution is -2.41. The predicted octanol–water partition coefficient (Wildman–Crippen LogP) is 2.83. The number of carbonyl (C=O) groups is 2. The molecule has 116 valence electrons. The topological polar surface area (TPSA) is 49.9 Å². The maximum Gasteiger partial charge on any atom is 0.410 e. The average Bonchev–Trinajstić information content (AvgIpc) is 3.06. The fraction of sp³-hybridized carbons (Fsp3) is 0.600. The van der Waals surface area contributed by atoms with Gasteiger partial charge in [-0.25, -0.2) is 4.79 Å². The molecule has 0 unspecified atom stereocenters. The number of nitrogens with zero attached hydrogens (tertiary/aromatic N) is 2. The number of ether oxygens (including phenoxy) is 1. The van der Waals surface area contributed by atoms with Crippen molar-refractivity contribution in [3.05, 3.63) is 22.4 Å². The first-order valence-electron chi connectivity index (χ1n) is 7.06. The molecule has 2 amide bonds. The van der Waals surface area contributed by atoms with Crippen LogP contribution < -0.4 is 0 Å². The van der Waals surface area contributed by atoms with Crippen LogP contribution in [0.25, 0.3) is 0 Å². The van der Waals surface area contributed by atoms with E-state index in [-0.39, 0.29) is 18.0 Å². The summed E-state index contributed by atoms with van der Waals surface area (Å²) in [6, 6.07) is 3.74. The van der Waals surface area contributed by atoms with E-state index in [1.165, 1.54) is 11.3 Å². The van der Waals surface area contributed by atoms with Gasteiger partial charge in [-0.1, -0.05) is 6.07 Å². The minimum Gasteiger partial charge on any atom is -0.444 e. The summed E-state index contributed by atoms with van der Waals surface area (Å²) in [5.41, 5.74) is -0.492. The molecule has 1 aromatic rings. The van der Waals surface area contributed by atoms with Crippen LogP contribution in [0.5, 0.6) is 0 Å². The second-order valence-electron chi connectivity index (χ2n) is 6.26. The fourth-order valence-corrected chi connectivity index (χ4v) is 3.00. The SMILES string of the molecule is CN(C(=O)c1cccs1)[C@@H]1CCN(C(=O)OC(C)(C)C)C1. The molecule has 0 spiro atoms. The maximum atomic E-state index is 12.3. The van der Waals surface area contributed by atoms with Gasteiger partial charge in [-0.15, -0.1) is 11.3 Å². The summed E-state index contributed by atoms with van der Waals surface area (Å²) in [7, 11) is 1.80. The van der Waals surface area contributed by atoms with Gasteiger partial charge in [0.2, 0.25) is 0 Å². The molecule has 1 fully saturated rings. The Bertz CT molecular complexity index is 507. The fourth-order valence-electron chi connectivity index (χ4n) is 2.29. The Morgan fingerprint density at radius 3 is 2.71 bits per heavy atom. The number of likely N-dealkylation sites (N-methyl/N-ethyl adjacent to an activating group) is 1. The van der Waals surface area contributed by atoms with Crippen molar-refractivity contribution in [3.63, 3.8) is 0 Å². The largest absolute Gasteiger partial charge is 0.444 e. The normalized spacial score (nSPS) is 18.7. The van der Waals surface area contributed by atoms with E-state index in [9.17, 15) is 9.59 Å². The van der Waals surface area contributed by atoms with Gasteiger partial charge in [0.05, 0.1) is 10.9 Å². The highest BCUT2D eigenvalue weighted by Crippen LogP contribution is 2.20. The minimum absolute atomic E-state index is 0.0149. The highest BCUT2D eigenvalue weighted by atomic mass is 32.1. The van der Waals surface area contributed by atoms with E-state index in [0.717, 1.165) is 11.3 Å². The first-order chi connectivity index (χ1) is 9.78. The van der Waals surface area contributed by atoms with Crippen LogP contribution in [0, 0.1) is 0 Å². The molecule has 1 atom stereocenters. The van der Waals surface area contributed by atoms with Gasteiger partial charge in [-0.3, -0.25) is 4.79 Å². The van der Waals surface area contributed by atoms with Crippen molar-refractivity contribution in [3.8, 4) is 0 Å². The molecule has 2 rings (SSSR count). The Hall–Kier alpha value is -1.56. The molecule has 0 aromatic carbocycles. The molecule has 0 radical (unpaired) electrons. The molecule has 1 saturated heterocycles. The Kier molecular flexibility index (Phi) is 4.56. The summed E-state index contributed by atoms with van der Waals surface area (Å²) in [6.07, 6.45) is 0.481.